The number of aryl methyl sites for hydroxylation is 2. The van der Waals surface area contributed by atoms with Crippen LogP contribution in [0.25, 0.3) is 10.9 Å². The Balaban J connectivity index is 2.02. The molecule has 0 fully saturated rings. The Morgan fingerprint density at radius 1 is 1.24 bits per heavy atom. The van der Waals surface area contributed by atoms with Gasteiger partial charge in [-0.25, -0.2) is 0 Å². The van der Waals surface area contributed by atoms with Crippen LogP contribution in [0.2, 0.25) is 0 Å². The summed E-state index contributed by atoms with van der Waals surface area (Å²) < 4.78 is 4.28. The molecule has 0 bridgehead atoms. The fraction of sp³-hybridized carbons (Fsp3) is 0.353. The van der Waals surface area contributed by atoms with Crippen molar-refractivity contribution in [3.63, 3.8) is 0 Å². The van der Waals surface area contributed by atoms with Gasteiger partial charge in [0.2, 0.25) is 0 Å². The minimum atomic E-state index is 0.677. The maximum Gasteiger partial charge on any atom is 0.0645 e. The van der Waals surface area contributed by atoms with Crippen molar-refractivity contribution in [1.29, 1.82) is 0 Å². The average molecular weight is 282 g/mol. The Morgan fingerprint density at radius 3 is 2.81 bits per heavy atom. The third-order valence-electron chi connectivity index (χ3n) is 4.01. The molecule has 0 saturated carbocycles. The molecule has 0 aliphatic heterocycles. The lowest BCUT2D eigenvalue weighted by molar-refractivity contribution is 0.669. The smallest absolute Gasteiger partial charge is 0.0645 e. The van der Waals surface area contributed by atoms with E-state index >= 15 is 0 Å². The van der Waals surface area contributed by atoms with Crippen molar-refractivity contribution in [2.45, 2.75) is 26.3 Å². The lowest BCUT2D eigenvalue weighted by Crippen LogP contribution is -2.08. The molecular weight excluding hydrogens is 260 g/mol. The van der Waals surface area contributed by atoms with E-state index in [2.05, 4.69) is 53.1 Å². The molecule has 2 heterocycles. The topological polar surface area (TPSA) is 48.8 Å². The van der Waals surface area contributed by atoms with Gasteiger partial charge >= 0.3 is 0 Å². The molecule has 0 amide bonds. The highest BCUT2D eigenvalue weighted by Gasteiger charge is 2.09. The van der Waals surface area contributed by atoms with Crippen LogP contribution in [-0.4, -0.2) is 20.9 Å². The summed E-state index contributed by atoms with van der Waals surface area (Å²) in [6.07, 6.45) is 4.04. The van der Waals surface area contributed by atoms with Crippen LogP contribution in [0.3, 0.4) is 0 Å². The van der Waals surface area contributed by atoms with Crippen molar-refractivity contribution < 1.29 is 0 Å². The monoisotopic (exact) mass is 282 g/mol. The molecule has 4 heteroatoms. The molecule has 0 aliphatic carbocycles. The van der Waals surface area contributed by atoms with Crippen molar-refractivity contribution in [2.75, 3.05) is 6.54 Å². The zero-order chi connectivity index (χ0) is 14.8. The summed E-state index contributed by atoms with van der Waals surface area (Å²) >= 11 is 0. The lowest BCUT2D eigenvalue weighted by Gasteiger charge is -2.09. The highest BCUT2D eigenvalue weighted by atomic mass is 15.3. The first kappa shape index (κ1) is 13.9. The van der Waals surface area contributed by atoms with Crippen LogP contribution in [0.5, 0.6) is 0 Å². The molecular formula is C17H22N4. The van der Waals surface area contributed by atoms with E-state index < -0.39 is 0 Å². The second-order valence-corrected chi connectivity index (χ2v) is 5.44. The molecule has 3 rings (SSSR count). The molecule has 2 N–H and O–H groups in total. The van der Waals surface area contributed by atoms with Gasteiger partial charge in [0.15, 0.2) is 0 Å². The van der Waals surface area contributed by atoms with Crippen molar-refractivity contribution in [3.8, 4) is 0 Å². The van der Waals surface area contributed by atoms with Crippen molar-refractivity contribution in [3.05, 3.63) is 53.5 Å². The van der Waals surface area contributed by atoms with E-state index in [4.69, 9.17) is 5.73 Å². The maximum absolute atomic E-state index is 5.75. The van der Waals surface area contributed by atoms with Crippen molar-refractivity contribution in [1.82, 2.24) is 14.3 Å². The van der Waals surface area contributed by atoms with E-state index in [1.165, 1.54) is 22.2 Å². The van der Waals surface area contributed by atoms with Gasteiger partial charge in [-0.05, 0) is 42.5 Å². The van der Waals surface area contributed by atoms with Crippen molar-refractivity contribution >= 4 is 10.9 Å². The first-order valence-electron chi connectivity index (χ1n) is 7.51. The Morgan fingerprint density at radius 2 is 2.10 bits per heavy atom. The largest absolute Gasteiger partial charge is 0.341 e. The number of nitrogens with two attached hydrogens (primary N) is 1. The molecule has 0 radical (unpaired) electrons. The van der Waals surface area contributed by atoms with Crippen LogP contribution in [0.1, 0.15) is 23.9 Å². The molecule has 2 aromatic heterocycles. The molecule has 1 aromatic carbocycles. The normalized spacial score (nSPS) is 11.4. The van der Waals surface area contributed by atoms with Gasteiger partial charge in [0.25, 0.3) is 0 Å². The van der Waals surface area contributed by atoms with Gasteiger partial charge in [0.05, 0.1) is 23.4 Å². The van der Waals surface area contributed by atoms with Gasteiger partial charge in [-0.15, -0.1) is 0 Å². The highest BCUT2D eigenvalue weighted by Crippen LogP contribution is 2.22. The summed E-state index contributed by atoms with van der Waals surface area (Å²) in [6.45, 7) is 3.65. The zero-order valence-electron chi connectivity index (χ0n) is 12.7. The molecule has 110 valence electrons. The van der Waals surface area contributed by atoms with Crippen LogP contribution in [0.4, 0.5) is 0 Å². The van der Waals surface area contributed by atoms with Gasteiger partial charge in [-0.3, -0.25) is 4.68 Å². The number of rotatable bonds is 5. The van der Waals surface area contributed by atoms with Gasteiger partial charge in [-0.1, -0.05) is 25.1 Å². The molecule has 0 aliphatic rings. The van der Waals surface area contributed by atoms with E-state index in [0.29, 0.717) is 6.54 Å². The van der Waals surface area contributed by atoms with Crippen molar-refractivity contribution in [2.24, 2.45) is 12.8 Å². The van der Waals surface area contributed by atoms with Crippen LogP contribution < -0.4 is 5.73 Å². The molecule has 21 heavy (non-hydrogen) atoms. The zero-order valence-corrected chi connectivity index (χ0v) is 12.7. The molecule has 4 nitrogen and oxygen atoms in total. The predicted molar refractivity (Wildman–Crippen MR) is 86.4 cm³/mol. The van der Waals surface area contributed by atoms with E-state index in [0.717, 1.165) is 25.1 Å². The standard InChI is InChI=1S/C17H22N4/c1-3-15-11-16(20(2)19-15)12-21-10-8-14-6-4-5-13(7-9-18)17(14)21/h4-6,8,10-11H,3,7,9,12,18H2,1-2H3. The Hall–Kier alpha value is -2.07. The minimum absolute atomic E-state index is 0.677. The number of hydrogen-bond acceptors (Lipinski definition) is 2. The fourth-order valence-corrected chi connectivity index (χ4v) is 2.90. The predicted octanol–water partition coefficient (Wildman–Crippen LogP) is 2.49. The number of aromatic nitrogens is 3. The Labute approximate surface area is 125 Å². The third kappa shape index (κ3) is 2.59. The summed E-state index contributed by atoms with van der Waals surface area (Å²) in [5.74, 6) is 0. The molecule has 0 atom stereocenters. The number of hydrogen-bond donors (Lipinski definition) is 1. The molecule has 0 unspecified atom stereocenters. The Bertz CT molecular complexity index is 751. The number of fused-ring (bicyclic) bond motifs is 1. The first-order chi connectivity index (χ1) is 10.2. The number of nitrogens with zero attached hydrogens (tertiary/aromatic N) is 3. The fourth-order valence-electron chi connectivity index (χ4n) is 2.90. The summed E-state index contributed by atoms with van der Waals surface area (Å²) in [5, 5.41) is 5.81. The maximum atomic E-state index is 5.75. The molecule has 0 spiro atoms. The van der Waals surface area contributed by atoms with Crippen LogP contribution in [0.15, 0.2) is 36.5 Å². The Kier molecular flexibility index (Phi) is 3.80. The van der Waals surface area contributed by atoms with Crippen LogP contribution in [0, 0.1) is 0 Å². The van der Waals surface area contributed by atoms with Gasteiger partial charge < -0.3 is 10.3 Å². The summed E-state index contributed by atoms with van der Waals surface area (Å²) in [7, 11) is 2.01. The minimum Gasteiger partial charge on any atom is -0.341 e. The highest BCUT2D eigenvalue weighted by molar-refractivity contribution is 5.83. The van der Waals surface area contributed by atoms with E-state index in [1.54, 1.807) is 0 Å². The van der Waals surface area contributed by atoms with Gasteiger partial charge in [0, 0.05) is 13.2 Å². The lowest BCUT2D eigenvalue weighted by atomic mass is 10.1. The quantitative estimate of drug-likeness (QED) is 0.781. The second kappa shape index (κ2) is 5.74. The van der Waals surface area contributed by atoms with Gasteiger partial charge in [0.1, 0.15) is 0 Å². The SMILES string of the molecule is CCc1cc(Cn2ccc3cccc(CCN)c32)n(C)n1. The second-order valence-electron chi connectivity index (χ2n) is 5.44. The van der Waals surface area contributed by atoms with Gasteiger partial charge in [-0.2, -0.15) is 5.10 Å². The molecule has 3 aromatic rings. The van der Waals surface area contributed by atoms with Crippen LogP contribution >= 0.6 is 0 Å². The number of para-hydroxylation sites is 1. The van der Waals surface area contributed by atoms with E-state index in [1.807, 2.05) is 11.7 Å². The number of benzene rings is 1. The first-order valence-corrected chi connectivity index (χ1v) is 7.51. The van der Waals surface area contributed by atoms with Crippen LogP contribution in [-0.2, 0) is 26.4 Å². The van der Waals surface area contributed by atoms with E-state index in [-0.39, 0.29) is 0 Å². The summed E-state index contributed by atoms with van der Waals surface area (Å²) in [6, 6.07) is 10.8. The molecule has 0 saturated heterocycles. The summed E-state index contributed by atoms with van der Waals surface area (Å²) in [4.78, 5) is 0. The third-order valence-corrected chi connectivity index (χ3v) is 4.01. The summed E-state index contributed by atoms with van der Waals surface area (Å²) in [5.41, 5.74) is 10.7. The van der Waals surface area contributed by atoms with E-state index in [9.17, 15) is 0 Å². The average Bonchev–Trinajstić information content (AvgIpc) is 3.05.